The number of benzene rings is 3. The Kier molecular flexibility index (Phi) is 17.3. The molecule has 0 saturated carbocycles. The van der Waals surface area contributed by atoms with Gasteiger partial charge in [-0.25, -0.2) is 0 Å². The van der Waals surface area contributed by atoms with E-state index < -0.39 is 67.5 Å². The van der Waals surface area contributed by atoms with Gasteiger partial charge in [0.1, 0.15) is 30.5 Å². The topological polar surface area (TPSA) is 174 Å². The second kappa shape index (κ2) is 22.8. The van der Waals surface area contributed by atoms with Crippen LogP contribution in [0.4, 0.5) is 0 Å². The molecule has 3 fully saturated rings. The molecule has 6 rings (SSSR count). The van der Waals surface area contributed by atoms with Gasteiger partial charge in [-0.1, -0.05) is 110 Å². The molecule has 0 spiro atoms. The van der Waals surface area contributed by atoms with Crippen molar-refractivity contribution in [2.75, 3.05) is 26.9 Å². The van der Waals surface area contributed by atoms with Crippen molar-refractivity contribution in [3.8, 4) is 0 Å². The monoisotopic (exact) mass is 832 g/mol. The Morgan fingerprint density at radius 1 is 0.717 bits per heavy atom. The van der Waals surface area contributed by atoms with Crippen molar-refractivity contribution in [2.45, 2.75) is 128 Å². The van der Waals surface area contributed by atoms with E-state index in [4.69, 9.17) is 57.5 Å². The molecule has 15 nitrogen and oxygen atoms in total. The highest BCUT2D eigenvalue weighted by molar-refractivity contribution is 5.69. The lowest BCUT2D eigenvalue weighted by atomic mass is 9.88. The van der Waals surface area contributed by atoms with Gasteiger partial charge in [0.05, 0.1) is 57.4 Å². The van der Waals surface area contributed by atoms with Crippen molar-refractivity contribution >= 4 is 5.90 Å². The summed E-state index contributed by atoms with van der Waals surface area (Å²) >= 11 is 0. The highest BCUT2D eigenvalue weighted by atomic mass is 16.8. The second-order valence-electron chi connectivity index (χ2n) is 15.5. The fourth-order valence-electron chi connectivity index (χ4n) is 8.06. The predicted molar refractivity (Wildman–Crippen MR) is 221 cm³/mol. The summed E-state index contributed by atoms with van der Waals surface area (Å²) in [5, 5.41) is 12.3. The number of hydrogen-bond acceptors (Lipinski definition) is 13. The van der Waals surface area contributed by atoms with Gasteiger partial charge in [0.2, 0.25) is 6.29 Å². The molecular weight excluding hydrogens is 773 g/mol. The van der Waals surface area contributed by atoms with Gasteiger partial charge in [0, 0.05) is 31.5 Å². The largest absolute Gasteiger partial charge is 0.450 e. The van der Waals surface area contributed by atoms with Gasteiger partial charge in [0.15, 0.2) is 18.5 Å². The van der Waals surface area contributed by atoms with Gasteiger partial charge >= 0.3 is 0 Å². The van der Waals surface area contributed by atoms with Crippen LogP contribution in [0.5, 0.6) is 0 Å². The summed E-state index contributed by atoms with van der Waals surface area (Å²) in [4.78, 5) is 3.14. The first-order valence-corrected chi connectivity index (χ1v) is 20.8. The fourth-order valence-corrected chi connectivity index (χ4v) is 8.06. The molecule has 14 atom stereocenters. The first kappa shape index (κ1) is 45.6. The van der Waals surface area contributed by atoms with E-state index in [0.29, 0.717) is 26.4 Å². The van der Waals surface area contributed by atoms with Crippen LogP contribution in [0, 0.1) is 17.2 Å². The summed E-state index contributed by atoms with van der Waals surface area (Å²) in [6, 6.07) is 29.1. The van der Waals surface area contributed by atoms with Crippen molar-refractivity contribution in [1.82, 2.24) is 0 Å². The van der Waals surface area contributed by atoms with E-state index in [-0.39, 0.29) is 37.2 Å². The third kappa shape index (κ3) is 11.9. The number of azide groups is 1. The predicted octanol–water partition coefficient (Wildman–Crippen LogP) is 7.36. The zero-order valence-electron chi connectivity index (χ0n) is 35.3. The number of methoxy groups -OCH3 is 1. The van der Waals surface area contributed by atoms with Crippen LogP contribution < -0.4 is 0 Å². The summed E-state index contributed by atoms with van der Waals surface area (Å²) in [5.41, 5.74) is 12.7. The SMILES string of the molecule is CCOC1C(OC)C(OC2C(C)[C@@H](N=[N+]=[N-])C(COCc3ccccc3)O[C@@H]2OC(C)=N)O[C@H](C)[C@@H]1O[C@@H]1OC[C@@H](OCc2ccccc2)C(OCc2ccccc2)C1C. The zero-order chi connectivity index (χ0) is 42.4. The minimum absolute atomic E-state index is 0.0748. The van der Waals surface area contributed by atoms with Crippen LogP contribution in [0.15, 0.2) is 96.1 Å². The van der Waals surface area contributed by atoms with Crippen LogP contribution in [-0.2, 0) is 71.9 Å². The molecule has 1 N–H and O–H groups in total. The number of hydrogen-bond donors (Lipinski definition) is 1. The van der Waals surface area contributed by atoms with E-state index in [1.165, 1.54) is 6.92 Å². The summed E-state index contributed by atoms with van der Waals surface area (Å²) in [6.45, 7) is 11.1. The molecule has 0 radical (unpaired) electrons. The highest BCUT2D eigenvalue weighted by Crippen LogP contribution is 2.38. The lowest BCUT2D eigenvalue weighted by Crippen LogP contribution is -2.64. The maximum atomic E-state index is 9.61. The molecule has 0 aliphatic carbocycles. The van der Waals surface area contributed by atoms with Crippen LogP contribution in [0.25, 0.3) is 10.4 Å². The molecule has 3 aromatic rings. The van der Waals surface area contributed by atoms with Crippen LogP contribution in [0.2, 0.25) is 0 Å². The van der Waals surface area contributed by atoms with Gasteiger partial charge in [-0.2, -0.15) is 0 Å². The standard InChI is InChI=1S/C45H60N4O11/c1-7-52-41-40(60-43-29(3)38(54-25-34-21-15-10-16-22-34)36(27-55-43)53-24-33-19-13-9-14-20-33)30(4)56-45(42(41)50-6)59-39-28(2)37(48-49-47)35(58-44(39)57-31(5)46)26-51-23-32-17-11-8-12-18-32/h8-22,28-30,35-46H,7,23-27H2,1-6H3/t28?,29?,30-,35?,36-,37-,38?,39?,40+,41?,42?,43+,44+,45?/m1/s1. The molecule has 60 heavy (non-hydrogen) atoms. The molecule has 3 aromatic carbocycles. The number of nitrogens with zero attached hydrogens (tertiary/aromatic N) is 3. The van der Waals surface area contributed by atoms with Crippen molar-refractivity contribution in [3.63, 3.8) is 0 Å². The van der Waals surface area contributed by atoms with Crippen molar-refractivity contribution in [2.24, 2.45) is 17.0 Å². The van der Waals surface area contributed by atoms with Crippen molar-refractivity contribution in [1.29, 1.82) is 5.41 Å². The van der Waals surface area contributed by atoms with Crippen LogP contribution in [-0.4, -0.2) is 107 Å². The molecule has 0 bridgehead atoms. The van der Waals surface area contributed by atoms with E-state index in [1.807, 2.05) is 119 Å². The molecule has 0 amide bonds. The fraction of sp³-hybridized carbons (Fsp3) is 0.578. The average molecular weight is 833 g/mol. The third-order valence-electron chi connectivity index (χ3n) is 11.2. The molecule has 3 aliphatic rings. The van der Waals surface area contributed by atoms with Crippen LogP contribution >= 0.6 is 0 Å². The van der Waals surface area contributed by atoms with Crippen molar-refractivity contribution < 1.29 is 52.1 Å². The number of ether oxygens (including phenoxy) is 11. The van der Waals surface area contributed by atoms with Crippen molar-refractivity contribution in [3.05, 3.63) is 118 Å². The van der Waals surface area contributed by atoms with Gasteiger partial charge in [0.25, 0.3) is 0 Å². The second-order valence-corrected chi connectivity index (χ2v) is 15.5. The Bertz CT molecular complexity index is 1770. The summed E-state index contributed by atoms with van der Waals surface area (Å²) < 4.78 is 70.3. The summed E-state index contributed by atoms with van der Waals surface area (Å²) in [7, 11) is 1.56. The Hall–Kier alpha value is -3.96. The number of rotatable bonds is 19. The van der Waals surface area contributed by atoms with Gasteiger partial charge in [-0.05, 0) is 42.0 Å². The lowest BCUT2D eigenvalue weighted by molar-refractivity contribution is -0.368. The lowest BCUT2D eigenvalue weighted by Gasteiger charge is -2.50. The Morgan fingerprint density at radius 2 is 1.32 bits per heavy atom. The minimum Gasteiger partial charge on any atom is -0.450 e. The van der Waals surface area contributed by atoms with Gasteiger partial charge in [-0.3, -0.25) is 5.41 Å². The van der Waals surface area contributed by atoms with E-state index in [2.05, 4.69) is 10.0 Å². The minimum atomic E-state index is -1.05. The Morgan fingerprint density at radius 3 is 1.90 bits per heavy atom. The van der Waals surface area contributed by atoms with E-state index in [0.717, 1.165) is 16.7 Å². The zero-order valence-corrected chi connectivity index (χ0v) is 35.3. The third-order valence-corrected chi connectivity index (χ3v) is 11.2. The highest BCUT2D eigenvalue weighted by Gasteiger charge is 2.53. The van der Waals surface area contributed by atoms with Crippen LogP contribution in [0.3, 0.4) is 0 Å². The smallest absolute Gasteiger partial charge is 0.228 e. The maximum absolute atomic E-state index is 9.61. The molecule has 3 saturated heterocycles. The normalized spacial score (nSPS) is 33.1. The first-order chi connectivity index (χ1) is 29.2. The summed E-state index contributed by atoms with van der Waals surface area (Å²) in [5.74, 6) is -0.784. The van der Waals surface area contributed by atoms with E-state index >= 15 is 0 Å². The number of nitrogens with one attached hydrogen (secondary N) is 1. The molecule has 0 aromatic heterocycles. The molecule has 326 valence electrons. The first-order valence-electron chi connectivity index (χ1n) is 20.8. The maximum Gasteiger partial charge on any atom is 0.228 e. The van der Waals surface area contributed by atoms with E-state index in [1.54, 1.807) is 7.11 Å². The van der Waals surface area contributed by atoms with E-state index in [9.17, 15) is 5.53 Å². The van der Waals surface area contributed by atoms with Crippen LogP contribution in [0.1, 0.15) is 51.3 Å². The van der Waals surface area contributed by atoms with Gasteiger partial charge < -0.3 is 52.1 Å². The molecule has 15 heteroatoms. The Labute approximate surface area is 352 Å². The quantitative estimate of drug-likeness (QED) is 0.0420. The molecular formula is C45H60N4O11. The average Bonchev–Trinajstić information content (AvgIpc) is 3.25. The Balaban J connectivity index is 1.16. The summed E-state index contributed by atoms with van der Waals surface area (Å²) in [6.07, 6.45) is -7.61. The van der Waals surface area contributed by atoms with Gasteiger partial charge in [-0.15, -0.1) is 0 Å². The molecule has 3 aliphatic heterocycles. The molecule has 8 unspecified atom stereocenters. The molecule has 3 heterocycles.